The highest BCUT2D eigenvalue weighted by molar-refractivity contribution is 7.26. The van der Waals surface area contributed by atoms with Crippen LogP contribution in [0.15, 0.2) is 291 Å². The molecule has 368 valence electrons. The average molecular weight is 1020 g/mol. The normalized spacial score (nSPS) is 12.5. The second-order valence-corrected chi connectivity index (χ2v) is 21.1. The quantitative estimate of drug-likeness (QED) is 0.135. The van der Waals surface area contributed by atoms with Gasteiger partial charge in [-0.1, -0.05) is 188 Å². The first-order valence-electron chi connectivity index (χ1n) is 26.5. The molecule has 0 amide bonds. The molecule has 2 aromatic heterocycles. The molecule has 12 aromatic carbocycles. The maximum absolute atomic E-state index is 15.0. The molecule has 15 rings (SSSR count). The summed E-state index contributed by atoms with van der Waals surface area (Å²) >= 11 is 1.85. The Labute approximate surface area is 456 Å². The molecule has 0 fully saturated rings. The van der Waals surface area contributed by atoms with Crippen molar-refractivity contribution in [3.05, 3.63) is 319 Å². The van der Waals surface area contributed by atoms with Gasteiger partial charge in [0.2, 0.25) is 0 Å². The largest absolute Gasteiger partial charge is 0.310 e. The van der Waals surface area contributed by atoms with Gasteiger partial charge in [-0.25, -0.2) is 4.39 Å². The molecule has 0 aliphatic heterocycles. The fourth-order valence-corrected chi connectivity index (χ4v) is 13.9. The van der Waals surface area contributed by atoms with Crippen LogP contribution in [0.3, 0.4) is 0 Å². The molecule has 3 nitrogen and oxygen atoms in total. The Morgan fingerprint density at radius 3 is 1.62 bits per heavy atom. The van der Waals surface area contributed by atoms with Crippen LogP contribution < -0.4 is 9.80 Å². The molecule has 0 saturated heterocycles. The first-order chi connectivity index (χ1) is 38.6. The van der Waals surface area contributed by atoms with Crippen LogP contribution in [0.1, 0.15) is 22.3 Å². The predicted octanol–water partition coefficient (Wildman–Crippen LogP) is 20.3. The Hall–Kier alpha value is -9.81. The summed E-state index contributed by atoms with van der Waals surface area (Å²) in [5.74, 6) is -0.285. The number of rotatable bonds is 10. The highest BCUT2D eigenvalue weighted by Crippen LogP contribution is 2.60. The standard InChI is InChI=1S/C73H48FN3S/c74-52-41-43-56(44-42-52)75(53-27-10-3-11-28-53)57-45-49(62-48-63-59-33-17-20-38-66(59)77(55-31-14-5-15-32-55)71(63)70-61-35-18-21-40-68(61)78-72(62)70)46-58(47-57)76(54-29-12-4-13-30-54)67-39-22-37-65-69(67)60-34-16-19-36-64(60)73(65,50-23-6-1-7-24-50)51-25-8-2-9-26-51/h1-48H. The minimum absolute atomic E-state index is 0.285. The maximum atomic E-state index is 15.0. The molecule has 0 saturated carbocycles. The number of hydrogen-bond donors (Lipinski definition) is 0. The zero-order valence-corrected chi connectivity index (χ0v) is 43.2. The third-order valence-electron chi connectivity index (χ3n) is 15.8. The van der Waals surface area contributed by atoms with Crippen molar-refractivity contribution in [1.82, 2.24) is 4.57 Å². The number of hydrogen-bond acceptors (Lipinski definition) is 3. The fraction of sp³-hybridized carbons (Fsp3) is 0.0137. The first-order valence-corrected chi connectivity index (χ1v) is 27.3. The number of para-hydroxylation sites is 4. The van der Waals surface area contributed by atoms with Crippen molar-refractivity contribution in [2.45, 2.75) is 5.41 Å². The third-order valence-corrected chi connectivity index (χ3v) is 17.0. The fourth-order valence-electron chi connectivity index (χ4n) is 12.7. The van der Waals surface area contributed by atoms with E-state index in [2.05, 4.69) is 275 Å². The minimum atomic E-state index is -0.604. The van der Waals surface area contributed by atoms with Gasteiger partial charge in [0.25, 0.3) is 0 Å². The molecule has 0 unspecified atom stereocenters. The van der Waals surface area contributed by atoms with Gasteiger partial charge in [-0.3, -0.25) is 0 Å². The second-order valence-electron chi connectivity index (χ2n) is 20.1. The predicted molar refractivity (Wildman–Crippen MR) is 326 cm³/mol. The summed E-state index contributed by atoms with van der Waals surface area (Å²) in [6, 6.07) is 104. The van der Waals surface area contributed by atoms with Crippen LogP contribution in [-0.2, 0) is 5.41 Å². The Balaban J connectivity index is 1.07. The summed E-state index contributed by atoms with van der Waals surface area (Å²) < 4.78 is 19.9. The highest BCUT2D eigenvalue weighted by atomic mass is 32.1. The van der Waals surface area contributed by atoms with Gasteiger partial charge >= 0.3 is 0 Å². The van der Waals surface area contributed by atoms with E-state index < -0.39 is 5.41 Å². The van der Waals surface area contributed by atoms with Gasteiger partial charge < -0.3 is 14.4 Å². The van der Waals surface area contributed by atoms with E-state index >= 15 is 4.39 Å². The van der Waals surface area contributed by atoms with Crippen LogP contribution in [0.4, 0.5) is 38.5 Å². The van der Waals surface area contributed by atoms with Crippen LogP contribution >= 0.6 is 11.3 Å². The molecule has 5 heteroatoms. The van der Waals surface area contributed by atoms with Crippen LogP contribution in [0.25, 0.3) is 69.9 Å². The molecule has 14 aromatic rings. The number of aromatic nitrogens is 1. The lowest BCUT2D eigenvalue weighted by atomic mass is 9.68. The monoisotopic (exact) mass is 1020 g/mol. The van der Waals surface area contributed by atoms with E-state index in [1.54, 1.807) is 12.1 Å². The van der Waals surface area contributed by atoms with Gasteiger partial charge in [-0.15, -0.1) is 11.3 Å². The van der Waals surface area contributed by atoms with Crippen molar-refractivity contribution in [2.24, 2.45) is 0 Å². The van der Waals surface area contributed by atoms with E-state index in [1.807, 2.05) is 29.5 Å². The summed E-state index contributed by atoms with van der Waals surface area (Å²) in [5.41, 5.74) is 18.1. The molecule has 0 spiro atoms. The Kier molecular flexibility index (Phi) is 10.8. The van der Waals surface area contributed by atoms with Gasteiger partial charge in [0.05, 0.1) is 22.1 Å². The number of thiophene rings is 1. The number of nitrogens with zero attached hydrogens (tertiary/aromatic N) is 3. The van der Waals surface area contributed by atoms with Gasteiger partial charge in [-0.05, 0) is 137 Å². The summed E-state index contributed by atoms with van der Waals surface area (Å²) in [4.78, 5) is 4.72. The first kappa shape index (κ1) is 45.6. The lowest BCUT2D eigenvalue weighted by Crippen LogP contribution is -2.28. The number of fused-ring (bicyclic) bond motifs is 10. The van der Waals surface area contributed by atoms with Crippen molar-refractivity contribution < 1.29 is 4.39 Å². The van der Waals surface area contributed by atoms with E-state index in [1.165, 1.54) is 69.8 Å². The summed E-state index contributed by atoms with van der Waals surface area (Å²) in [7, 11) is 0. The smallest absolute Gasteiger partial charge is 0.123 e. The topological polar surface area (TPSA) is 11.4 Å². The van der Waals surface area contributed by atoms with E-state index in [0.29, 0.717) is 0 Å². The molecule has 78 heavy (non-hydrogen) atoms. The minimum Gasteiger partial charge on any atom is -0.310 e. The molecule has 2 heterocycles. The van der Waals surface area contributed by atoms with Crippen LogP contribution in [0, 0.1) is 5.82 Å². The lowest BCUT2D eigenvalue weighted by Gasteiger charge is -2.34. The van der Waals surface area contributed by atoms with Crippen LogP contribution in [-0.4, -0.2) is 4.57 Å². The van der Waals surface area contributed by atoms with Crippen molar-refractivity contribution in [3.63, 3.8) is 0 Å². The summed E-state index contributed by atoms with van der Waals surface area (Å²) in [5, 5.41) is 4.82. The molecular formula is C73H48FN3S. The molecule has 0 radical (unpaired) electrons. The molecule has 0 atom stereocenters. The van der Waals surface area contributed by atoms with Crippen molar-refractivity contribution in [1.29, 1.82) is 0 Å². The van der Waals surface area contributed by atoms with Crippen LogP contribution in [0.5, 0.6) is 0 Å². The Morgan fingerprint density at radius 2 is 0.923 bits per heavy atom. The zero-order valence-electron chi connectivity index (χ0n) is 42.3. The van der Waals surface area contributed by atoms with Crippen molar-refractivity contribution in [2.75, 3.05) is 9.80 Å². The van der Waals surface area contributed by atoms with Crippen LogP contribution in [0.2, 0.25) is 0 Å². The van der Waals surface area contributed by atoms with Gasteiger partial charge in [-0.2, -0.15) is 0 Å². The van der Waals surface area contributed by atoms with Gasteiger partial charge in [0, 0.05) is 76.2 Å². The molecule has 0 bridgehead atoms. The third kappa shape index (κ3) is 7.09. The summed E-state index contributed by atoms with van der Waals surface area (Å²) in [6.45, 7) is 0. The number of benzene rings is 12. The van der Waals surface area contributed by atoms with E-state index in [0.717, 1.165) is 56.5 Å². The lowest BCUT2D eigenvalue weighted by molar-refractivity contribution is 0.628. The number of anilines is 6. The molecule has 1 aliphatic carbocycles. The molecule has 1 aliphatic rings. The SMILES string of the molecule is Fc1ccc(N(c2ccccc2)c2cc(-c3cc4c5ccccc5n(-c5ccccc5)c4c4c3sc3ccccc34)cc(N(c3ccccc3)c3cccc4c3-c3ccccc3C4(c3ccccc3)c3ccccc3)c2)cc1. The Bertz CT molecular complexity index is 4510. The van der Waals surface area contributed by atoms with E-state index in [9.17, 15) is 0 Å². The molecular weight excluding hydrogens is 970 g/mol. The van der Waals surface area contributed by atoms with Gasteiger partial charge in [0.15, 0.2) is 0 Å². The maximum Gasteiger partial charge on any atom is 0.123 e. The average Bonchev–Trinajstić information content (AvgIpc) is 3.36. The van der Waals surface area contributed by atoms with E-state index in [-0.39, 0.29) is 5.82 Å². The number of halogens is 1. The molecule has 0 N–H and O–H groups in total. The van der Waals surface area contributed by atoms with Crippen molar-refractivity contribution in [3.8, 4) is 27.9 Å². The zero-order chi connectivity index (χ0) is 51.7. The van der Waals surface area contributed by atoms with E-state index in [4.69, 9.17) is 0 Å². The van der Waals surface area contributed by atoms with Crippen molar-refractivity contribution >= 4 is 87.4 Å². The summed E-state index contributed by atoms with van der Waals surface area (Å²) in [6.07, 6.45) is 0. The second kappa shape index (κ2) is 18.5. The highest BCUT2D eigenvalue weighted by Gasteiger charge is 2.47. The van der Waals surface area contributed by atoms with Gasteiger partial charge in [0.1, 0.15) is 5.82 Å². The Morgan fingerprint density at radius 1 is 0.385 bits per heavy atom.